The summed E-state index contributed by atoms with van der Waals surface area (Å²) in [5.41, 5.74) is 4.72. The number of benzene rings is 1. The van der Waals surface area contributed by atoms with Crippen molar-refractivity contribution < 1.29 is 0 Å². The predicted octanol–water partition coefficient (Wildman–Crippen LogP) is 3.90. The van der Waals surface area contributed by atoms with Gasteiger partial charge in [0.25, 0.3) is 0 Å². The zero-order valence-corrected chi connectivity index (χ0v) is 14.9. The first kappa shape index (κ1) is 16.5. The van der Waals surface area contributed by atoms with E-state index in [0.29, 0.717) is 11.5 Å². The van der Waals surface area contributed by atoms with Crippen molar-refractivity contribution in [2.75, 3.05) is 13.1 Å². The molecule has 1 aromatic rings. The van der Waals surface area contributed by atoms with Gasteiger partial charge in [0.15, 0.2) is 0 Å². The van der Waals surface area contributed by atoms with Crippen LogP contribution in [0.4, 0.5) is 0 Å². The predicted molar refractivity (Wildman–Crippen MR) is 91.7 cm³/mol. The van der Waals surface area contributed by atoms with Crippen molar-refractivity contribution in [2.24, 2.45) is 5.41 Å². The Balaban J connectivity index is 2.16. The lowest BCUT2D eigenvalue weighted by Crippen LogP contribution is -2.64. The van der Waals surface area contributed by atoms with Crippen LogP contribution in [0.1, 0.15) is 51.3 Å². The number of hydrogen-bond donors (Lipinski definition) is 1. The van der Waals surface area contributed by atoms with Crippen LogP contribution >= 0.6 is 0 Å². The van der Waals surface area contributed by atoms with E-state index in [9.17, 15) is 0 Å². The van der Waals surface area contributed by atoms with Gasteiger partial charge in [0, 0.05) is 31.2 Å². The Hall–Kier alpha value is -0.860. The van der Waals surface area contributed by atoms with Gasteiger partial charge in [-0.2, -0.15) is 0 Å². The van der Waals surface area contributed by atoms with E-state index in [1.807, 2.05) is 0 Å². The molecule has 1 saturated heterocycles. The molecule has 118 valence electrons. The maximum atomic E-state index is 3.74. The number of piperazine rings is 1. The van der Waals surface area contributed by atoms with Gasteiger partial charge >= 0.3 is 0 Å². The number of hydrogen-bond acceptors (Lipinski definition) is 2. The largest absolute Gasteiger partial charge is 0.310 e. The topological polar surface area (TPSA) is 15.3 Å². The van der Waals surface area contributed by atoms with Gasteiger partial charge in [-0.25, -0.2) is 0 Å². The van der Waals surface area contributed by atoms with Gasteiger partial charge in [-0.3, -0.25) is 4.90 Å². The Morgan fingerprint density at radius 3 is 2.43 bits per heavy atom. The molecule has 1 fully saturated rings. The fourth-order valence-corrected chi connectivity index (χ4v) is 3.00. The fraction of sp³-hybridized carbons (Fsp3) is 0.684. The first-order chi connectivity index (χ1) is 9.59. The van der Waals surface area contributed by atoms with E-state index in [1.54, 1.807) is 0 Å². The van der Waals surface area contributed by atoms with Crippen LogP contribution in [0.15, 0.2) is 18.2 Å². The second-order valence-electron chi connectivity index (χ2n) is 8.41. The Kier molecular flexibility index (Phi) is 4.51. The van der Waals surface area contributed by atoms with Crippen LogP contribution in [0.2, 0.25) is 0 Å². The van der Waals surface area contributed by atoms with Crippen molar-refractivity contribution in [2.45, 2.75) is 66.6 Å². The summed E-state index contributed by atoms with van der Waals surface area (Å²) in [4.78, 5) is 2.64. The molecule has 1 atom stereocenters. The summed E-state index contributed by atoms with van der Waals surface area (Å²) in [5.74, 6) is 0. The Morgan fingerprint density at radius 1 is 1.19 bits per heavy atom. The molecule has 2 heteroatoms. The molecule has 1 aliphatic rings. The first-order valence-corrected chi connectivity index (χ1v) is 8.14. The minimum Gasteiger partial charge on any atom is -0.310 e. The van der Waals surface area contributed by atoms with Crippen LogP contribution < -0.4 is 5.32 Å². The Bertz CT molecular complexity index is 497. The fourth-order valence-electron chi connectivity index (χ4n) is 3.00. The molecular formula is C19H32N2. The molecule has 0 radical (unpaired) electrons. The summed E-state index contributed by atoms with van der Waals surface area (Å²) < 4.78 is 0. The lowest BCUT2D eigenvalue weighted by atomic mass is 9.82. The molecule has 1 unspecified atom stereocenters. The monoisotopic (exact) mass is 288 g/mol. The Morgan fingerprint density at radius 2 is 1.86 bits per heavy atom. The summed E-state index contributed by atoms with van der Waals surface area (Å²) >= 11 is 0. The molecule has 1 heterocycles. The number of nitrogens with one attached hydrogen (secondary N) is 1. The molecule has 0 saturated carbocycles. The van der Waals surface area contributed by atoms with E-state index < -0.39 is 0 Å². The zero-order valence-electron chi connectivity index (χ0n) is 14.9. The molecule has 2 rings (SSSR count). The van der Waals surface area contributed by atoms with Gasteiger partial charge in [0.05, 0.1) is 0 Å². The van der Waals surface area contributed by atoms with Crippen molar-refractivity contribution in [1.82, 2.24) is 10.2 Å². The lowest BCUT2D eigenvalue weighted by Gasteiger charge is -2.49. The summed E-state index contributed by atoms with van der Waals surface area (Å²) in [6.45, 7) is 19.3. The van der Waals surface area contributed by atoms with Gasteiger partial charge in [-0.05, 0) is 49.8 Å². The van der Waals surface area contributed by atoms with E-state index in [1.165, 1.54) is 16.7 Å². The van der Waals surface area contributed by atoms with E-state index in [2.05, 4.69) is 76.9 Å². The van der Waals surface area contributed by atoms with Gasteiger partial charge in [0.2, 0.25) is 0 Å². The number of nitrogens with zero attached hydrogens (tertiary/aromatic N) is 1. The summed E-state index contributed by atoms with van der Waals surface area (Å²) in [7, 11) is 0. The van der Waals surface area contributed by atoms with Crippen molar-refractivity contribution >= 4 is 0 Å². The van der Waals surface area contributed by atoms with Gasteiger partial charge in [-0.1, -0.05) is 39.0 Å². The van der Waals surface area contributed by atoms with Gasteiger partial charge in [-0.15, -0.1) is 0 Å². The third-order valence-corrected chi connectivity index (χ3v) is 5.03. The van der Waals surface area contributed by atoms with Gasteiger partial charge < -0.3 is 5.32 Å². The smallest absolute Gasteiger partial charge is 0.0281 e. The second kappa shape index (κ2) is 5.73. The molecule has 2 nitrogen and oxygen atoms in total. The van der Waals surface area contributed by atoms with Gasteiger partial charge in [0.1, 0.15) is 0 Å². The van der Waals surface area contributed by atoms with Crippen LogP contribution in [0.5, 0.6) is 0 Å². The van der Waals surface area contributed by atoms with Crippen LogP contribution in [0, 0.1) is 19.3 Å². The van der Waals surface area contributed by atoms with Crippen LogP contribution in [-0.4, -0.2) is 29.6 Å². The average molecular weight is 288 g/mol. The average Bonchev–Trinajstić information content (AvgIpc) is 2.35. The Labute approximate surface area is 130 Å². The minimum atomic E-state index is 0.209. The summed E-state index contributed by atoms with van der Waals surface area (Å²) in [6, 6.07) is 7.43. The SMILES string of the molecule is Cc1ccc(CN2CC(C(C)(C)C)NCC2(C)C)cc1C. The second-order valence-corrected chi connectivity index (χ2v) is 8.41. The zero-order chi connectivity index (χ0) is 15.8. The maximum Gasteiger partial charge on any atom is 0.0281 e. The maximum absolute atomic E-state index is 3.74. The third kappa shape index (κ3) is 3.87. The summed E-state index contributed by atoms with van der Waals surface area (Å²) in [5, 5.41) is 3.74. The molecule has 21 heavy (non-hydrogen) atoms. The van der Waals surface area contributed by atoms with Crippen molar-refractivity contribution in [1.29, 1.82) is 0 Å². The number of rotatable bonds is 2. The van der Waals surface area contributed by atoms with Crippen LogP contribution in [-0.2, 0) is 6.54 Å². The minimum absolute atomic E-state index is 0.209. The van der Waals surface area contributed by atoms with E-state index >= 15 is 0 Å². The van der Waals surface area contributed by atoms with Crippen molar-refractivity contribution in [3.05, 3.63) is 34.9 Å². The molecular weight excluding hydrogens is 256 g/mol. The molecule has 0 spiro atoms. The van der Waals surface area contributed by atoms with Crippen molar-refractivity contribution in [3.8, 4) is 0 Å². The van der Waals surface area contributed by atoms with Crippen LogP contribution in [0.25, 0.3) is 0 Å². The van der Waals surface area contributed by atoms with E-state index in [0.717, 1.165) is 19.6 Å². The van der Waals surface area contributed by atoms with E-state index in [-0.39, 0.29) is 5.54 Å². The normalized spacial score (nSPS) is 23.3. The molecule has 0 bridgehead atoms. The third-order valence-electron chi connectivity index (χ3n) is 5.03. The molecule has 1 aromatic carbocycles. The standard InChI is InChI=1S/C19H32N2/c1-14-8-9-16(10-15(14)2)11-21-12-17(18(3,4)5)20-13-19(21,6)7/h8-10,17,20H,11-13H2,1-7H3. The molecule has 0 aliphatic carbocycles. The highest BCUT2D eigenvalue weighted by atomic mass is 15.3. The summed E-state index contributed by atoms with van der Waals surface area (Å²) in [6.07, 6.45) is 0. The first-order valence-electron chi connectivity index (χ1n) is 8.14. The lowest BCUT2D eigenvalue weighted by molar-refractivity contribution is 0.0295. The molecule has 0 aromatic heterocycles. The highest BCUT2D eigenvalue weighted by molar-refractivity contribution is 5.30. The van der Waals surface area contributed by atoms with E-state index in [4.69, 9.17) is 0 Å². The highest BCUT2D eigenvalue weighted by Crippen LogP contribution is 2.29. The van der Waals surface area contributed by atoms with Crippen molar-refractivity contribution in [3.63, 3.8) is 0 Å². The number of aryl methyl sites for hydroxylation is 2. The molecule has 1 aliphatic heterocycles. The highest BCUT2D eigenvalue weighted by Gasteiger charge is 2.38. The van der Waals surface area contributed by atoms with Crippen LogP contribution in [0.3, 0.4) is 0 Å². The molecule has 0 amide bonds. The quantitative estimate of drug-likeness (QED) is 0.888. The molecule has 1 N–H and O–H groups in total.